The lowest BCUT2D eigenvalue weighted by Crippen LogP contribution is -2.33. The summed E-state index contributed by atoms with van der Waals surface area (Å²) in [5, 5.41) is 13.9. The minimum atomic E-state index is 0.188. The first-order valence-electron chi connectivity index (χ1n) is 9.52. The first-order valence-corrected chi connectivity index (χ1v) is 10.5. The van der Waals surface area contributed by atoms with Crippen LogP contribution >= 0.6 is 11.8 Å². The van der Waals surface area contributed by atoms with Crippen LogP contribution in [0.4, 0.5) is 0 Å². The number of aromatic nitrogens is 4. The molecule has 1 aliphatic heterocycles. The van der Waals surface area contributed by atoms with E-state index in [2.05, 4.69) is 15.3 Å². The zero-order valence-corrected chi connectivity index (χ0v) is 16.7. The number of rotatable bonds is 5. The van der Waals surface area contributed by atoms with Gasteiger partial charge >= 0.3 is 0 Å². The molecule has 2 aromatic heterocycles. The van der Waals surface area contributed by atoms with Crippen LogP contribution in [0.3, 0.4) is 0 Å². The summed E-state index contributed by atoms with van der Waals surface area (Å²) in [6.45, 7) is 1.75. The second-order valence-corrected chi connectivity index (χ2v) is 7.77. The first kappa shape index (κ1) is 18.7. The number of nitrogens with zero attached hydrogens (tertiary/aromatic N) is 5. The topological polar surface area (TPSA) is 72.6 Å². The van der Waals surface area contributed by atoms with E-state index < -0.39 is 0 Å². The van der Waals surface area contributed by atoms with Crippen LogP contribution < -0.4 is 4.74 Å². The van der Waals surface area contributed by atoms with Gasteiger partial charge in [-0.3, -0.25) is 4.79 Å². The molecule has 0 bridgehead atoms. The van der Waals surface area contributed by atoms with Crippen LogP contribution in [0.2, 0.25) is 0 Å². The fourth-order valence-corrected chi connectivity index (χ4v) is 4.07. The largest absolute Gasteiger partial charge is 0.497 e. The summed E-state index contributed by atoms with van der Waals surface area (Å²) in [4.78, 5) is 14.5. The molecule has 0 aliphatic carbocycles. The zero-order valence-electron chi connectivity index (χ0n) is 15.9. The Morgan fingerprint density at radius 3 is 2.50 bits per heavy atom. The first-order chi connectivity index (χ1) is 13.7. The van der Waals surface area contributed by atoms with Crippen molar-refractivity contribution in [2.24, 2.45) is 0 Å². The Morgan fingerprint density at radius 1 is 1.04 bits per heavy atom. The van der Waals surface area contributed by atoms with E-state index >= 15 is 0 Å². The van der Waals surface area contributed by atoms with Gasteiger partial charge < -0.3 is 9.64 Å². The molecule has 0 radical (unpaired) electrons. The molecular weight excluding hydrogens is 374 g/mol. The second-order valence-electron chi connectivity index (χ2n) is 6.78. The Bertz CT molecular complexity index is 949. The molecule has 0 unspecified atom stereocenters. The number of ether oxygens (including phenoxy) is 1. The van der Waals surface area contributed by atoms with E-state index in [0.29, 0.717) is 17.2 Å². The Balaban J connectivity index is 1.49. The lowest BCUT2D eigenvalue weighted by atomic mass is 10.2. The number of carbonyl (C=O) groups is 1. The van der Waals surface area contributed by atoms with Gasteiger partial charge in [0.25, 0.3) is 0 Å². The van der Waals surface area contributed by atoms with E-state index in [0.717, 1.165) is 42.3 Å². The number of carbonyl (C=O) groups excluding carboxylic acids is 1. The number of benzene rings is 1. The van der Waals surface area contributed by atoms with E-state index in [-0.39, 0.29) is 5.91 Å². The molecule has 1 aliphatic rings. The molecule has 4 rings (SSSR count). The Hall–Kier alpha value is -2.61. The number of hydrogen-bond donors (Lipinski definition) is 0. The standard InChI is InChI=1S/C20H23N5O2S/c1-27-16-8-6-15(7-9-16)20-22-21-17-10-11-18(23-25(17)20)28-14-19(26)24-12-4-2-3-5-13-24/h6-11H,2-5,12-14H2,1H3. The Morgan fingerprint density at radius 2 is 1.79 bits per heavy atom. The molecule has 3 aromatic rings. The highest BCUT2D eigenvalue weighted by Crippen LogP contribution is 2.23. The number of hydrogen-bond acceptors (Lipinski definition) is 6. The van der Waals surface area contributed by atoms with Crippen LogP contribution in [-0.2, 0) is 4.79 Å². The minimum absolute atomic E-state index is 0.188. The third kappa shape index (κ3) is 4.11. The fourth-order valence-electron chi connectivity index (χ4n) is 3.32. The molecular formula is C20H23N5O2S. The van der Waals surface area contributed by atoms with E-state index in [1.165, 1.54) is 24.6 Å². The van der Waals surface area contributed by atoms with Crippen molar-refractivity contribution in [3.63, 3.8) is 0 Å². The number of amides is 1. The van der Waals surface area contributed by atoms with Crippen molar-refractivity contribution in [3.8, 4) is 17.1 Å². The highest BCUT2D eigenvalue weighted by molar-refractivity contribution is 7.99. The molecule has 0 N–H and O–H groups in total. The SMILES string of the molecule is COc1ccc(-c2nnc3ccc(SCC(=O)N4CCCCCC4)nn23)cc1. The van der Waals surface area contributed by atoms with Gasteiger partial charge in [0.15, 0.2) is 11.5 Å². The maximum absolute atomic E-state index is 12.5. The van der Waals surface area contributed by atoms with Crippen LogP contribution in [0, 0.1) is 0 Å². The molecule has 1 amide bonds. The van der Waals surface area contributed by atoms with Crippen molar-refractivity contribution >= 4 is 23.3 Å². The summed E-state index contributed by atoms with van der Waals surface area (Å²) >= 11 is 1.46. The van der Waals surface area contributed by atoms with Gasteiger partial charge in [-0.05, 0) is 49.2 Å². The fraction of sp³-hybridized carbons (Fsp3) is 0.400. The predicted molar refractivity (Wildman–Crippen MR) is 109 cm³/mol. The van der Waals surface area contributed by atoms with E-state index in [4.69, 9.17) is 4.74 Å². The monoisotopic (exact) mass is 397 g/mol. The molecule has 0 saturated carbocycles. The summed E-state index contributed by atoms with van der Waals surface area (Å²) < 4.78 is 6.93. The zero-order chi connectivity index (χ0) is 19.3. The van der Waals surface area contributed by atoms with E-state index in [1.807, 2.05) is 41.3 Å². The molecule has 1 saturated heterocycles. The smallest absolute Gasteiger partial charge is 0.232 e. The van der Waals surface area contributed by atoms with Crippen molar-refractivity contribution in [2.45, 2.75) is 30.7 Å². The maximum atomic E-state index is 12.5. The van der Waals surface area contributed by atoms with Gasteiger partial charge in [-0.15, -0.1) is 10.2 Å². The van der Waals surface area contributed by atoms with Crippen LogP contribution in [0.5, 0.6) is 5.75 Å². The Labute approximate surface area is 168 Å². The summed E-state index contributed by atoms with van der Waals surface area (Å²) in [5.41, 5.74) is 1.58. The molecule has 1 aromatic carbocycles. The third-order valence-corrected chi connectivity index (χ3v) is 5.79. The van der Waals surface area contributed by atoms with Crippen molar-refractivity contribution in [3.05, 3.63) is 36.4 Å². The van der Waals surface area contributed by atoms with Gasteiger partial charge in [-0.2, -0.15) is 9.61 Å². The maximum Gasteiger partial charge on any atom is 0.232 e. The molecule has 146 valence electrons. The average Bonchev–Trinajstić information content (AvgIpc) is 2.96. The van der Waals surface area contributed by atoms with Crippen molar-refractivity contribution in [1.82, 2.24) is 24.7 Å². The van der Waals surface area contributed by atoms with Gasteiger partial charge in [0.1, 0.15) is 10.8 Å². The van der Waals surface area contributed by atoms with Crippen LogP contribution in [0.15, 0.2) is 41.4 Å². The third-order valence-electron chi connectivity index (χ3n) is 4.89. The lowest BCUT2D eigenvalue weighted by Gasteiger charge is -2.19. The van der Waals surface area contributed by atoms with Crippen LogP contribution in [0.1, 0.15) is 25.7 Å². The van der Waals surface area contributed by atoms with Gasteiger partial charge in [0, 0.05) is 18.7 Å². The van der Waals surface area contributed by atoms with Gasteiger partial charge in [0.05, 0.1) is 12.9 Å². The van der Waals surface area contributed by atoms with Gasteiger partial charge in [0.2, 0.25) is 5.91 Å². The minimum Gasteiger partial charge on any atom is -0.497 e. The summed E-state index contributed by atoms with van der Waals surface area (Å²) in [6.07, 6.45) is 4.65. The summed E-state index contributed by atoms with van der Waals surface area (Å²) in [5.74, 6) is 2.04. The summed E-state index contributed by atoms with van der Waals surface area (Å²) in [7, 11) is 1.64. The number of likely N-dealkylation sites (tertiary alicyclic amines) is 1. The van der Waals surface area contributed by atoms with E-state index in [9.17, 15) is 4.79 Å². The van der Waals surface area contributed by atoms with Crippen molar-refractivity contribution in [1.29, 1.82) is 0 Å². The molecule has 8 heteroatoms. The molecule has 1 fully saturated rings. The summed E-state index contributed by atoms with van der Waals surface area (Å²) in [6, 6.07) is 11.4. The van der Waals surface area contributed by atoms with Crippen molar-refractivity contribution in [2.75, 3.05) is 26.0 Å². The molecule has 0 atom stereocenters. The number of methoxy groups -OCH3 is 1. The predicted octanol–water partition coefficient (Wildman–Crippen LogP) is 3.29. The van der Waals surface area contributed by atoms with Crippen molar-refractivity contribution < 1.29 is 9.53 Å². The quantitative estimate of drug-likeness (QED) is 0.615. The molecule has 28 heavy (non-hydrogen) atoms. The highest BCUT2D eigenvalue weighted by atomic mass is 32.2. The number of fused-ring (bicyclic) bond motifs is 1. The molecule has 3 heterocycles. The second kappa shape index (κ2) is 8.60. The van der Waals surface area contributed by atoms with E-state index in [1.54, 1.807) is 11.6 Å². The Kier molecular flexibility index (Phi) is 5.76. The molecule has 0 spiro atoms. The van der Waals surface area contributed by atoms with Gasteiger partial charge in [-0.1, -0.05) is 24.6 Å². The highest BCUT2D eigenvalue weighted by Gasteiger charge is 2.16. The average molecular weight is 398 g/mol. The molecule has 7 nitrogen and oxygen atoms in total. The normalized spacial score (nSPS) is 14.8. The van der Waals surface area contributed by atoms with Gasteiger partial charge in [-0.25, -0.2) is 0 Å². The van der Waals surface area contributed by atoms with Crippen LogP contribution in [0.25, 0.3) is 17.0 Å². The number of thioether (sulfide) groups is 1. The van der Waals surface area contributed by atoms with Crippen LogP contribution in [-0.4, -0.2) is 56.6 Å². The lowest BCUT2D eigenvalue weighted by molar-refractivity contribution is -0.128.